The summed E-state index contributed by atoms with van der Waals surface area (Å²) in [5.41, 5.74) is 2.41. The number of rotatable bonds is 4. The minimum absolute atomic E-state index is 0.122. The first-order valence-electron chi connectivity index (χ1n) is 9.93. The number of amides is 1. The quantitative estimate of drug-likeness (QED) is 0.669. The average molecular weight is 411 g/mol. The topological polar surface area (TPSA) is 67.3 Å². The number of aryl methyl sites for hydroxylation is 2. The van der Waals surface area contributed by atoms with Gasteiger partial charge in [-0.15, -0.1) is 11.3 Å². The molecule has 1 saturated heterocycles. The number of carbonyl (C=O) groups is 1. The number of hydrogen-bond donors (Lipinski definition) is 1. The van der Waals surface area contributed by atoms with Gasteiger partial charge in [0.1, 0.15) is 22.7 Å². The maximum atomic E-state index is 13.3. The van der Waals surface area contributed by atoms with Crippen LogP contribution in [0.4, 0.5) is 11.5 Å². The van der Waals surface area contributed by atoms with Crippen LogP contribution in [0.2, 0.25) is 0 Å². The number of nitrogens with one attached hydrogen (secondary N) is 1. The molecule has 7 heteroatoms. The van der Waals surface area contributed by atoms with Crippen LogP contribution < -0.4 is 15.0 Å². The van der Waals surface area contributed by atoms with Gasteiger partial charge >= 0.3 is 0 Å². The number of aromatic nitrogens is 2. The number of methoxy groups -OCH3 is 1. The Labute approximate surface area is 174 Å². The first-order chi connectivity index (χ1) is 14.0. The molecule has 1 N–H and O–H groups in total. The molecular weight excluding hydrogens is 384 g/mol. The van der Waals surface area contributed by atoms with Gasteiger partial charge in [-0.1, -0.05) is 6.92 Å². The van der Waals surface area contributed by atoms with Crippen LogP contribution in [0.3, 0.4) is 0 Å². The number of ether oxygens (including phenoxy) is 1. The number of piperidine rings is 1. The van der Waals surface area contributed by atoms with Crippen molar-refractivity contribution < 1.29 is 9.53 Å². The summed E-state index contributed by atoms with van der Waals surface area (Å²) in [5.74, 6) is 2.14. The molecule has 0 aliphatic carbocycles. The van der Waals surface area contributed by atoms with Crippen LogP contribution in [-0.2, 0) is 0 Å². The number of carbonyl (C=O) groups excluding carboxylic acids is 1. The third-order valence-electron chi connectivity index (χ3n) is 5.51. The van der Waals surface area contributed by atoms with Gasteiger partial charge in [0.2, 0.25) is 0 Å². The zero-order chi connectivity index (χ0) is 20.5. The summed E-state index contributed by atoms with van der Waals surface area (Å²) in [4.78, 5) is 26.5. The first kappa shape index (κ1) is 19.6. The second kappa shape index (κ2) is 7.99. The summed E-state index contributed by atoms with van der Waals surface area (Å²) < 4.78 is 5.26. The number of anilines is 2. The summed E-state index contributed by atoms with van der Waals surface area (Å²) >= 11 is 1.55. The van der Waals surface area contributed by atoms with E-state index in [2.05, 4.69) is 27.1 Å². The molecule has 1 amide bonds. The van der Waals surface area contributed by atoms with Crippen molar-refractivity contribution >= 4 is 39.0 Å². The molecule has 1 fully saturated rings. The summed E-state index contributed by atoms with van der Waals surface area (Å²) in [6, 6.07) is 5.64. The smallest absolute Gasteiger partial charge is 0.257 e. The lowest BCUT2D eigenvalue weighted by Crippen LogP contribution is -2.35. The fourth-order valence-electron chi connectivity index (χ4n) is 4.01. The normalized spacial score (nSPS) is 16.8. The zero-order valence-corrected chi connectivity index (χ0v) is 18.1. The maximum Gasteiger partial charge on any atom is 0.257 e. The number of hydrogen-bond acceptors (Lipinski definition) is 6. The minimum Gasteiger partial charge on any atom is -0.497 e. The molecule has 1 unspecified atom stereocenters. The molecule has 1 atom stereocenters. The largest absolute Gasteiger partial charge is 0.497 e. The van der Waals surface area contributed by atoms with Crippen LogP contribution in [0.15, 0.2) is 24.5 Å². The van der Waals surface area contributed by atoms with E-state index in [1.165, 1.54) is 6.42 Å². The van der Waals surface area contributed by atoms with Crippen LogP contribution in [0.25, 0.3) is 10.2 Å². The minimum atomic E-state index is -0.122. The Morgan fingerprint density at radius 1 is 1.31 bits per heavy atom. The van der Waals surface area contributed by atoms with E-state index in [0.717, 1.165) is 57.4 Å². The summed E-state index contributed by atoms with van der Waals surface area (Å²) in [5, 5.41) is 3.94. The van der Waals surface area contributed by atoms with Crippen molar-refractivity contribution in [3.63, 3.8) is 0 Å². The molecule has 3 aromatic rings. The van der Waals surface area contributed by atoms with Gasteiger partial charge in [-0.05, 0) is 56.4 Å². The van der Waals surface area contributed by atoms with Gasteiger partial charge in [0.15, 0.2) is 0 Å². The standard InChI is InChI=1S/C22H26N4O2S/c1-13-6-5-9-26(11-13)20-19-18(15(3)29-22(19)24-12-23-20)21(27)25-17-8-7-16(28-4)10-14(17)2/h7-8,10,12-13H,5-6,9,11H2,1-4H3,(H,25,27). The Kier molecular flexibility index (Phi) is 5.41. The van der Waals surface area contributed by atoms with E-state index in [9.17, 15) is 4.79 Å². The number of thiophene rings is 1. The van der Waals surface area contributed by atoms with E-state index >= 15 is 0 Å². The molecule has 0 bridgehead atoms. The third-order valence-corrected chi connectivity index (χ3v) is 6.52. The molecule has 0 radical (unpaired) electrons. The van der Waals surface area contributed by atoms with E-state index in [4.69, 9.17) is 4.74 Å². The highest BCUT2D eigenvalue weighted by atomic mass is 32.1. The van der Waals surface area contributed by atoms with Crippen LogP contribution in [0.5, 0.6) is 5.75 Å². The highest BCUT2D eigenvalue weighted by molar-refractivity contribution is 7.19. The van der Waals surface area contributed by atoms with Gasteiger partial charge in [-0.3, -0.25) is 4.79 Å². The number of nitrogens with zero attached hydrogens (tertiary/aromatic N) is 3. The summed E-state index contributed by atoms with van der Waals surface area (Å²) in [6.45, 7) is 8.12. The Morgan fingerprint density at radius 2 is 2.14 bits per heavy atom. The van der Waals surface area contributed by atoms with Crippen molar-refractivity contribution in [3.8, 4) is 5.75 Å². The van der Waals surface area contributed by atoms with Crippen molar-refractivity contribution in [2.75, 3.05) is 30.4 Å². The zero-order valence-electron chi connectivity index (χ0n) is 17.3. The van der Waals surface area contributed by atoms with E-state index in [-0.39, 0.29) is 5.91 Å². The lowest BCUT2D eigenvalue weighted by Gasteiger charge is -2.32. The molecule has 1 aliphatic rings. The van der Waals surface area contributed by atoms with Crippen molar-refractivity contribution in [3.05, 3.63) is 40.5 Å². The van der Waals surface area contributed by atoms with Gasteiger partial charge in [-0.2, -0.15) is 0 Å². The molecule has 6 nitrogen and oxygen atoms in total. The van der Waals surface area contributed by atoms with E-state index in [1.54, 1.807) is 24.8 Å². The lowest BCUT2D eigenvalue weighted by molar-refractivity contribution is 0.102. The average Bonchev–Trinajstić information content (AvgIpc) is 3.05. The lowest BCUT2D eigenvalue weighted by atomic mass is 10.00. The molecule has 1 aliphatic heterocycles. The molecule has 152 valence electrons. The van der Waals surface area contributed by atoms with Gasteiger partial charge in [0, 0.05) is 23.7 Å². The molecule has 3 heterocycles. The van der Waals surface area contributed by atoms with Crippen LogP contribution >= 0.6 is 11.3 Å². The predicted molar refractivity (Wildman–Crippen MR) is 118 cm³/mol. The van der Waals surface area contributed by atoms with Gasteiger partial charge in [-0.25, -0.2) is 9.97 Å². The van der Waals surface area contributed by atoms with E-state index in [0.29, 0.717) is 11.5 Å². The van der Waals surface area contributed by atoms with Crippen molar-refractivity contribution in [1.29, 1.82) is 0 Å². The maximum absolute atomic E-state index is 13.3. The van der Waals surface area contributed by atoms with E-state index in [1.807, 2.05) is 32.0 Å². The number of benzene rings is 1. The van der Waals surface area contributed by atoms with Crippen LogP contribution in [0, 0.1) is 19.8 Å². The molecule has 4 rings (SSSR count). The van der Waals surface area contributed by atoms with Crippen molar-refractivity contribution in [2.24, 2.45) is 5.92 Å². The Hall–Kier alpha value is -2.67. The molecule has 2 aromatic heterocycles. The molecule has 0 spiro atoms. The van der Waals surface area contributed by atoms with Gasteiger partial charge in [0.05, 0.1) is 18.1 Å². The second-order valence-corrected chi connectivity index (χ2v) is 8.94. The van der Waals surface area contributed by atoms with Gasteiger partial charge < -0.3 is 15.0 Å². The predicted octanol–water partition coefficient (Wildman–Crippen LogP) is 4.81. The summed E-state index contributed by atoms with van der Waals surface area (Å²) in [6.07, 6.45) is 3.99. The van der Waals surface area contributed by atoms with Crippen molar-refractivity contribution in [1.82, 2.24) is 9.97 Å². The molecule has 29 heavy (non-hydrogen) atoms. The first-order valence-corrected chi connectivity index (χ1v) is 10.7. The molecular formula is C22H26N4O2S. The van der Waals surface area contributed by atoms with E-state index < -0.39 is 0 Å². The highest BCUT2D eigenvalue weighted by Gasteiger charge is 2.26. The van der Waals surface area contributed by atoms with Crippen molar-refractivity contribution in [2.45, 2.75) is 33.6 Å². The monoisotopic (exact) mass is 410 g/mol. The Bertz CT molecular complexity index is 1060. The fourth-order valence-corrected chi connectivity index (χ4v) is 4.99. The SMILES string of the molecule is COc1ccc(NC(=O)c2c(C)sc3ncnc(N4CCCC(C)C4)c23)c(C)c1. The van der Waals surface area contributed by atoms with Crippen LogP contribution in [-0.4, -0.2) is 36.1 Å². The van der Waals surface area contributed by atoms with Gasteiger partial charge in [0.25, 0.3) is 5.91 Å². The molecule has 0 saturated carbocycles. The summed E-state index contributed by atoms with van der Waals surface area (Å²) in [7, 11) is 1.64. The second-order valence-electron chi connectivity index (χ2n) is 7.74. The third kappa shape index (κ3) is 3.79. The highest BCUT2D eigenvalue weighted by Crippen LogP contribution is 2.37. The van der Waals surface area contributed by atoms with Crippen LogP contribution in [0.1, 0.15) is 40.6 Å². The number of fused-ring (bicyclic) bond motifs is 1. The molecule has 1 aromatic carbocycles. The fraction of sp³-hybridized carbons (Fsp3) is 0.409. The Morgan fingerprint density at radius 3 is 2.86 bits per heavy atom. The Balaban J connectivity index is 1.73.